The average Bonchev–Trinajstić information content (AvgIpc) is 2.81. The number of carbonyl (C=O) groups is 1. The van der Waals surface area contributed by atoms with Crippen LogP contribution in [0.5, 0.6) is 0 Å². The van der Waals surface area contributed by atoms with Crippen molar-refractivity contribution in [1.82, 2.24) is 0 Å². The molecule has 1 unspecified atom stereocenters. The average molecular weight is 267 g/mol. The molecule has 5 N–H and O–H groups in total. The molecule has 0 saturated carbocycles. The number of aryl methyl sites for hydroxylation is 1. The second-order valence-electron chi connectivity index (χ2n) is 5.14. The van der Waals surface area contributed by atoms with Crippen molar-refractivity contribution in [2.45, 2.75) is 18.9 Å². The molecule has 0 fully saturated rings. The molecule has 102 valence electrons. The van der Waals surface area contributed by atoms with Crippen LogP contribution in [-0.2, 0) is 6.42 Å². The predicted octanol–water partition coefficient (Wildman–Crippen LogP) is 2.47. The van der Waals surface area contributed by atoms with Crippen molar-refractivity contribution >= 4 is 17.3 Å². The van der Waals surface area contributed by atoms with Crippen molar-refractivity contribution in [3.8, 4) is 0 Å². The van der Waals surface area contributed by atoms with Crippen LogP contribution >= 0.6 is 0 Å². The topological polar surface area (TPSA) is 81.1 Å². The zero-order chi connectivity index (χ0) is 14.1. The van der Waals surface area contributed by atoms with Gasteiger partial charge in [0, 0.05) is 16.9 Å². The lowest BCUT2D eigenvalue weighted by Crippen LogP contribution is -2.12. The van der Waals surface area contributed by atoms with Crippen molar-refractivity contribution in [3.05, 3.63) is 59.2 Å². The van der Waals surface area contributed by atoms with E-state index in [1.54, 1.807) is 12.1 Å². The summed E-state index contributed by atoms with van der Waals surface area (Å²) in [7, 11) is 0. The van der Waals surface area contributed by atoms with E-state index in [2.05, 4.69) is 11.4 Å². The first-order valence-electron chi connectivity index (χ1n) is 6.68. The molecule has 2 aromatic carbocycles. The normalized spacial score (nSPS) is 16.7. The van der Waals surface area contributed by atoms with Crippen LogP contribution < -0.4 is 16.8 Å². The lowest BCUT2D eigenvalue weighted by atomic mass is 10.1. The molecule has 1 amide bonds. The summed E-state index contributed by atoms with van der Waals surface area (Å²) in [5.41, 5.74) is 15.9. The number of nitrogen functional groups attached to an aromatic ring is 1. The number of hydrogen-bond acceptors (Lipinski definition) is 3. The van der Waals surface area contributed by atoms with Gasteiger partial charge in [0.2, 0.25) is 5.91 Å². The number of anilines is 2. The number of amides is 1. The lowest BCUT2D eigenvalue weighted by molar-refractivity contribution is 0.100. The zero-order valence-corrected chi connectivity index (χ0v) is 11.1. The number of nitrogens with one attached hydrogen (secondary N) is 1. The van der Waals surface area contributed by atoms with Gasteiger partial charge in [0.1, 0.15) is 0 Å². The summed E-state index contributed by atoms with van der Waals surface area (Å²) in [5, 5.41) is 3.46. The molecule has 1 aliphatic rings. The van der Waals surface area contributed by atoms with Gasteiger partial charge in [-0.05, 0) is 54.3 Å². The van der Waals surface area contributed by atoms with Gasteiger partial charge < -0.3 is 16.8 Å². The third-order valence-corrected chi connectivity index (χ3v) is 3.73. The van der Waals surface area contributed by atoms with E-state index in [1.807, 2.05) is 24.3 Å². The molecule has 0 heterocycles. The summed E-state index contributed by atoms with van der Waals surface area (Å²) in [5.74, 6) is -0.409. The van der Waals surface area contributed by atoms with E-state index >= 15 is 0 Å². The Morgan fingerprint density at radius 2 is 2.05 bits per heavy atom. The van der Waals surface area contributed by atoms with Gasteiger partial charge in [0.15, 0.2) is 0 Å². The highest BCUT2D eigenvalue weighted by Crippen LogP contribution is 2.34. The molecule has 0 radical (unpaired) electrons. The number of primary amides is 1. The Morgan fingerprint density at radius 1 is 1.20 bits per heavy atom. The maximum absolute atomic E-state index is 11.2. The van der Waals surface area contributed by atoms with Crippen LogP contribution in [0, 0.1) is 0 Å². The molecule has 3 rings (SSSR count). The minimum Gasteiger partial charge on any atom is -0.399 e. The lowest BCUT2D eigenvalue weighted by Gasteiger charge is -2.16. The van der Waals surface area contributed by atoms with E-state index in [4.69, 9.17) is 11.5 Å². The number of nitrogens with two attached hydrogens (primary N) is 2. The Kier molecular flexibility index (Phi) is 3.06. The monoisotopic (exact) mass is 267 g/mol. The standard InChI is InChI=1S/C16H17N3O/c17-12-5-6-14-10(8-12)4-7-15(14)19-13-3-1-2-11(9-13)16(18)20/h1-3,5-6,8-9,15,19H,4,7,17H2,(H2,18,20). The summed E-state index contributed by atoms with van der Waals surface area (Å²) in [6, 6.07) is 13.6. The molecule has 0 aliphatic heterocycles. The zero-order valence-electron chi connectivity index (χ0n) is 11.1. The van der Waals surface area contributed by atoms with Gasteiger partial charge >= 0.3 is 0 Å². The molecule has 0 spiro atoms. The third-order valence-electron chi connectivity index (χ3n) is 3.73. The van der Waals surface area contributed by atoms with Crippen molar-refractivity contribution in [2.24, 2.45) is 5.73 Å². The van der Waals surface area contributed by atoms with Crippen LogP contribution in [0.15, 0.2) is 42.5 Å². The van der Waals surface area contributed by atoms with Crippen LogP contribution in [0.25, 0.3) is 0 Å². The molecule has 20 heavy (non-hydrogen) atoms. The predicted molar refractivity (Wildman–Crippen MR) is 80.5 cm³/mol. The molecule has 1 atom stereocenters. The first kappa shape index (κ1) is 12.5. The highest BCUT2D eigenvalue weighted by Gasteiger charge is 2.22. The van der Waals surface area contributed by atoms with E-state index in [-0.39, 0.29) is 6.04 Å². The Hall–Kier alpha value is -2.49. The van der Waals surface area contributed by atoms with Crippen molar-refractivity contribution < 1.29 is 4.79 Å². The molecule has 4 nitrogen and oxygen atoms in total. The minimum atomic E-state index is -0.409. The summed E-state index contributed by atoms with van der Waals surface area (Å²) < 4.78 is 0. The van der Waals surface area contributed by atoms with Crippen molar-refractivity contribution in [2.75, 3.05) is 11.1 Å². The number of carbonyl (C=O) groups excluding carboxylic acids is 1. The van der Waals surface area contributed by atoms with Crippen LogP contribution in [0.1, 0.15) is 33.9 Å². The second-order valence-corrected chi connectivity index (χ2v) is 5.14. The maximum atomic E-state index is 11.2. The molecular weight excluding hydrogens is 250 g/mol. The number of fused-ring (bicyclic) bond motifs is 1. The quantitative estimate of drug-likeness (QED) is 0.747. The smallest absolute Gasteiger partial charge is 0.248 e. The minimum absolute atomic E-state index is 0.258. The molecule has 2 aromatic rings. The first-order valence-corrected chi connectivity index (χ1v) is 6.68. The third kappa shape index (κ3) is 2.32. The molecule has 0 bridgehead atoms. The largest absolute Gasteiger partial charge is 0.399 e. The van der Waals surface area contributed by atoms with Gasteiger partial charge in [-0.3, -0.25) is 4.79 Å². The van der Waals surface area contributed by atoms with Crippen molar-refractivity contribution in [3.63, 3.8) is 0 Å². The van der Waals surface area contributed by atoms with Gasteiger partial charge in [-0.2, -0.15) is 0 Å². The SMILES string of the molecule is NC(=O)c1cccc(NC2CCc3cc(N)ccc32)c1. The summed E-state index contributed by atoms with van der Waals surface area (Å²) in [6.07, 6.45) is 2.05. The summed E-state index contributed by atoms with van der Waals surface area (Å²) >= 11 is 0. The van der Waals surface area contributed by atoms with Crippen molar-refractivity contribution in [1.29, 1.82) is 0 Å². The molecule has 0 saturated heterocycles. The van der Waals surface area contributed by atoms with E-state index in [1.165, 1.54) is 11.1 Å². The Morgan fingerprint density at radius 3 is 2.85 bits per heavy atom. The summed E-state index contributed by atoms with van der Waals surface area (Å²) in [4.78, 5) is 11.2. The van der Waals surface area contributed by atoms with Gasteiger partial charge in [0.25, 0.3) is 0 Å². The van der Waals surface area contributed by atoms with E-state index in [0.717, 1.165) is 24.2 Å². The highest BCUT2D eigenvalue weighted by molar-refractivity contribution is 5.93. The number of hydrogen-bond donors (Lipinski definition) is 3. The van der Waals surface area contributed by atoms with E-state index in [9.17, 15) is 4.79 Å². The fourth-order valence-corrected chi connectivity index (χ4v) is 2.75. The highest BCUT2D eigenvalue weighted by atomic mass is 16.1. The fraction of sp³-hybridized carbons (Fsp3) is 0.188. The fourth-order valence-electron chi connectivity index (χ4n) is 2.75. The molecular formula is C16H17N3O. The van der Waals surface area contributed by atoms with Crippen LogP contribution in [0.4, 0.5) is 11.4 Å². The Labute approximate surface area is 117 Å². The second kappa shape index (κ2) is 4.89. The Bertz CT molecular complexity index is 667. The molecule has 1 aliphatic carbocycles. The summed E-state index contributed by atoms with van der Waals surface area (Å²) in [6.45, 7) is 0. The van der Waals surface area contributed by atoms with Gasteiger partial charge in [-0.15, -0.1) is 0 Å². The van der Waals surface area contributed by atoms with Gasteiger partial charge in [0.05, 0.1) is 6.04 Å². The van der Waals surface area contributed by atoms with Gasteiger partial charge in [-0.25, -0.2) is 0 Å². The van der Waals surface area contributed by atoms with Gasteiger partial charge in [-0.1, -0.05) is 12.1 Å². The van der Waals surface area contributed by atoms with E-state index < -0.39 is 5.91 Å². The first-order chi connectivity index (χ1) is 9.63. The van der Waals surface area contributed by atoms with Crippen LogP contribution in [-0.4, -0.2) is 5.91 Å². The Balaban J connectivity index is 1.84. The molecule has 4 heteroatoms. The van der Waals surface area contributed by atoms with Crippen LogP contribution in [0.3, 0.4) is 0 Å². The molecule has 0 aromatic heterocycles. The van der Waals surface area contributed by atoms with E-state index in [0.29, 0.717) is 5.56 Å². The number of rotatable bonds is 3. The number of benzene rings is 2. The van der Waals surface area contributed by atoms with Crippen LogP contribution in [0.2, 0.25) is 0 Å². The maximum Gasteiger partial charge on any atom is 0.248 e.